The Morgan fingerprint density at radius 2 is 2.03 bits per heavy atom. The first-order valence-corrected chi connectivity index (χ1v) is 10.7. The number of anilines is 1. The molecule has 0 aliphatic heterocycles. The highest BCUT2D eigenvalue weighted by molar-refractivity contribution is 9.10. The van der Waals surface area contributed by atoms with Crippen molar-refractivity contribution in [2.24, 2.45) is 0 Å². The molecule has 8 nitrogen and oxygen atoms in total. The number of carbonyl (C=O) groups is 2. The van der Waals surface area contributed by atoms with Crippen molar-refractivity contribution in [2.45, 2.75) is 13.5 Å². The van der Waals surface area contributed by atoms with E-state index in [1.54, 1.807) is 18.2 Å². The Kier molecular flexibility index (Phi) is 9.18. The van der Waals surface area contributed by atoms with Crippen molar-refractivity contribution in [3.05, 3.63) is 56.4 Å². The van der Waals surface area contributed by atoms with Crippen LogP contribution in [0.1, 0.15) is 11.3 Å². The normalized spacial score (nSPS) is 10.6. The number of hydrogen-bond donors (Lipinski definition) is 2. The van der Waals surface area contributed by atoms with Crippen LogP contribution < -0.4 is 15.0 Å². The van der Waals surface area contributed by atoms with Crippen LogP contribution in [0, 0.1) is 6.92 Å². The molecule has 172 valence electrons. The molecule has 0 saturated heterocycles. The van der Waals surface area contributed by atoms with E-state index in [-0.39, 0.29) is 30.6 Å². The molecule has 0 fully saturated rings. The number of hydrogen-bond acceptors (Lipinski definition) is 5. The van der Waals surface area contributed by atoms with Gasteiger partial charge in [-0.15, -0.1) is 12.4 Å². The number of benzene rings is 1. The Morgan fingerprint density at radius 1 is 1.31 bits per heavy atom. The van der Waals surface area contributed by atoms with Crippen molar-refractivity contribution in [2.75, 3.05) is 25.1 Å². The minimum atomic E-state index is -0.695. The highest BCUT2D eigenvalue weighted by atomic mass is 79.9. The number of ether oxygens (including phenoxy) is 1. The van der Waals surface area contributed by atoms with Gasteiger partial charge in [-0.05, 0) is 47.1 Å². The summed E-state index contributed by atoms with van der Waals surface area (Å²) in [5.41, 5.74) is 2.37. The van der Waals surface area contributed by atoms with Crippen molar-refractivity contribution < 1.29 is 19.4 Å². The first-order valence-electron chi connectivity index (χ1n) is 9.11. The minimum absolute atomic E-state index is 0. The number of aryl methyl sites for hydroxylation is 1. The Labute approximate surface area is 209 Å². The second kappa shape index (κ2) is 11.2. The van der Waals surface area contributed by atoms with Crippen LogP contribution in [0.25, 0.3) is 5.65 Å². The van der Waals surface area contributed by atoms with Gasteiger partial charge in [-0.3, -0.25) is 14.0 Å². The van der Waals surface area contributed by atoms with E-state index in [4.69, 9.17) is 33.0 Å². The van der Waals surface area contributed by atoms with Gasteiger partial charge in [-0.1, -0.05) is 23.2 Å². The number of rotatable bonds is 7. The van der Waals surface area contributed by atoms with Gasteiger partial charge >= 0.3 is 0 Å². The number of halogens is 4. The highest BCUT2D eigenvalue weighted by Gasteiger charge is 2.19. The number of nitrogens with zero attached hydrogens (tertiary/aromatic N) is 3. The van der Waals surface area contributed by atoms with Crippen LogP contribution in [-0.2, 0) is 16.2 Å². The monoisotopic (exact) mass is 564 g/mol. The van der Waals surface area contributed by atoms with Crippen molar-refractivity contribution in [3.63, 3.8) is 0 Å². The number of amides is 2. The molecule has 2 aromatic heterocycles. The number of aliphatic hydroxyl groups is 1. The van der Waals surface area contributed by atoms with Gasteiger partial charge in [0.25, 0.3) is 0 Å². The third kappa shape index (κ3) is 5.47. The molecule has 1 aromatic carbocycles. The summed E-state index contributed by atoms with van der Waals surface area (Å²) in [4.78, 5) is 29.3. The maximum absolute atomic E-state index is 12.4. The van der Waals surface area contributed by atoms with Crippen LogP contribution in [0.15, 0.2) is 35.1 Å². The van der Waals surface area contributed by atoms with Crippen LogP contribution in [0.3, 0.4) is 0 Å². The lowest BCUT2D eigenvalue weighted by molar-refractivity contribution is -0.126. The molecule has 0 unspecified atom stereocenters. The van der Waals surface area contributed by atoms with E-state index < -0.39 is 18.4 Å². The Hall–Kier alpha value is -2.04. The first-order chi connectivity index (χ1) is 14.7. The predicted molar refractivity (Wildman–Crippen MR) is 129 cm³/mol. The summed E-state index contributed by atoms with van der Waals surface area (Å²) in [6.07, 6.45) is 1.86. The van der Waals surface area contributed by atoms with Gasteiger partial charge in [0.1, 0.15) is 17.8 Å². The van der Waals surface area contributed by atoms with E-state index in [9.17, 15) is 9.59 Å². The van der Waals surface area contributed by atoms with Crippen molar-refractivity contribution >= 4 is 74.7 Å². The lowest BCUT2D eigenvalue weighted by atomic mass is 10.2. The molecule has 3 rings (SSSR count). The Bertz CT molecular complexity index is 1160. The number of carbonyl (C=O) groups excluding carboxylic acids is 2. The predicted octanol–water partition coefficient (Wildman–Crippen LogP) is 3.78. The zero-order valence-corrected chi connectivity index (χ0v) is 21.0. The fourth-order valence-electron chi connectivity index (χ4n) is 2.85. The standard InChI is InChI=1S/C20H19BrCl2N4O4.ClH/c1-11-19(21)27-7-3-4-15(20(27)25-11)31-10-12-13(22)5-6-14(18(12)23)26(2)17(30)8-24-16(29)9-28;/h3-7,28H,8-10H2,1-2H3,(H,24,29);1H. The van der Waals surface area contributed by atoms with Gasteiger partial charge < -0.3 is 20.1 Å². The molecule has 0 radical (unpaired) electrons. The molecule has 32 heavy (non-hydrogen) atoms. The summed E-state index contributed by atoms with van der Waals surface area (Å²) < 4.78 is 8.65. The number of likely N-dealkylation sites (N-methyl/N-ethyl adjacent to an activating group) is 1. The van der Waals surface area contributed by atoms with Crippen molar-refractivity contribution in [1.82, 2.24) is 14.7 Å². The number of aromatic nitrogens is 2. The fraction of sp³-hybridized carbons (Fsp3) is 0.250. The van der Waals surface area contributed by atoms with Crippen LogP contribution >= 0.6 is 51.5 Å². The van der Waals surface area contributed by atoms with E-state index >= 15 is 0 Å². The minimum Gasteiger partial charge on any atom is -0.485 e. The fourth-order valence-corrected chi connectivity index (χ4v) is 3.83. The Morgan fingerprint density at radius 3 is 2.72 bits per heavy atom. The van der Waals surface area contributed by atoms with Gasteiger partial charge in [0.15, 0.2) is 11.4 Å². The molecule has 12 heteroatoms. The van der Waals surface area contributed by atoms with E-state index in [2.05, 4.69) is 26.2 Å². The van der Waals surface area contributed by atoms with Crippen LogP contribution in [0.4, 0.5) is 5.69 Å². The third-order valence-electron chi connectivity index (χ3n) is 4.57. The van der Waals surface area contributed by atoms with E-state index in [1.807, 2.05) is 23.6 Å². The summed E-state index contributed by atoms with van der Waals surface area (Å²) in [6.45, 7) is 0.961. The average Bonchev–Trinajstić information content (AvgIpc) is 3.05. The average molecular weight is 567 g/mol. The van der Waals surface area contributed by atoms with Crippen LogP contribution in [-0.4, -0.2) is 46.5 Å². The Balaban J connectivity index is 0.00000363. The maximum Gasteiger partial charge on any atom is 0.246 e. The summed E-state index contributed by atoms with van der Waals surface area (Å²) in [7, 11) is 1.53. The smallest absolute Gasteiger partial charge is 0.246 e. The molecule has 2 heterocycles. The second-order valence-corrected chi connectivity index (χ2v) is 8.13. The number of fused-ring (bicyclic) bond motifs is 1. The van der Waals surface area contributed by atoms with Gasteiger partial charge in [0.05, 0.1) is 22.9 Å². The summed E-state index contributed by atoms with van der Waals surface area (Å²) in [6, 6.07) is 6.85. The van der Waals surface area contributed by atoms with E-state index in [1.165, 1.54) is 11.9 Å². The quantitative estimate of drug-likeness (QED) is 0.454. The van der Waals surface area contributed by atoms with Gasteiger partial charge in [-0.25, -0.2) is 4.98 Å². The molecule has 0 atom stereocenters. The second-order valence-electron chi connectivity index (χ2n) is 6.59. The molecular formula is C20H20BrCl3N4O4. The number of pyridine rings is 1. The number of aliphatic hydroxyl groups excluding tert-OH is 1. The van der Waals surface area contributed by atoms with E-state index in [0.29, 0.717) is 27.7 Å². The maximum atomic E-state index is 12.4. The summed E-state index contributed by atoms with van der Waals surface area (Å²) in [5, 5.41) is 11.7. The SMILES string of the molecule is Cc1nc2c(OCc3c(Cl)ccc(N(C)C(=O)CNC(=O)CO)c3Cl)cccn2c1Br.Cl. The molecular weight excluding hydrogens is 547 g/mol. The zero-order valence-electron chi connectivity index (χ0n) is 17.1. The third-order valence-corrected chi connectivity index (χ3v) is 6.30. The number of nitrogens with one attached hydrogen (secondary N) is 1. The molecule has 0 saturated carbocycles. The summed E-state index contributed by atoms with van der Waals surface area (Å²) >= 11 is 16.4. The van der Waals surface area contributed by atoms with Gasteiger partial charge in [0.2, 0.25) is 11.8 Å². The molecule has 2 amide bonds. The van der Waals surface area contributed by atoms with E-state index in [0.717, 1.165) is 10.3 Å². The van der Waals surface area contributed by atoms with Gasteiger partial charge in [0, 0.05) is 23.8 Å². The zero-order chi connectivity index (χ0) is 22.7. The lowest BCUT2D eigenvalue weighted by Gasteiger charge is -2.21. The lowest BCUT2D eigenvalue weighted by Crippen LogP contribution is -2.39. The van der Waals surface area contributed by atoms with Gasteiger partial charge in [-0.2, -0.15) is 0 Å². The van der Waals surface area contributed by atoms with Crippen LogP contribution in [0.2, 0.25) is 10.0 Å². The largest absolute Gasteiger partial charge is 0.485 e. The van der Waals surface area contributed by atoms with Crippen molar-refractivity contribution in [1.29, 1.82) is 0 Å². The molecule has 0 spiro atoms. The molecule has 0 bridgehead atoms. The molecule has 0 aliphatic rings. The first kappa shape index (κ1) is 26.2. The van der Waals surface area contributed by atoms with Crippen molar-refractivity contribution in [3.8, 4) is 5.75 Å². The topological polar surface area (TPSA) is 96.2 Å². The molecule has 3 aromatic rings. The van der Waals surface area contributed by atoms with Crippen LogP contribution in [0.5, 0.6) is 5.75 Å². The summed E-state index contributed by atoms with van der Waals surface area (Å²) in [5.74, 6) is -0.515. The molecule has 0 aliphatic carbocycles. The highest BCUT2D eigenvalue weighted by Crippen LogP contribution is 2.35. The molecule has 2 N–H and O–H groups in total. The number of imidazole rings is 1.